The van der Waals surface area contributed by atoms with E-state index in [1.165, 1.54) is 11.1 Å². The van der Waals surface area contributed by atoms with Gasteiger partial charge in [0.2, 0.25) is 5.95 Å². The second-order valence-corrected chi connectivity index (χ2v) is 5.32. The minimum absolute atomic E-state index is 0.169. The Kier molecular flexibility index (Phi) is 2.97. The summed E-state index contributed by atoms with van der Waals surface area (Å²) in [5.41, 5.74) is 12.0. The zero-order valence-corrected chi connectivity index (χ0v) is 12.1. The molecule has 0 amide bonds. The number of anilines is 1. The highest BCUT2D eigenvalue weighted by Gasteiger charge is 2.17. The third-order valence-corrected chi connectivity index (χ3v) is 3.98. The number of hydrogen-bond acceptors (Lipinski definition) is 2. The molecule has 102 valence electrons. The van der Waals surface area contributed by atoms with E-state index in [-0.39, 0.29) is 6.04 Å². The summed E-state index contributed by atoms with van der Waals surface area (Å²) in [5.74, 6) is 0.574. The van der Waals surface area contributed by atoms with Gasteiger partial charge in [0.25, 0.3) is 0 Å². The van der Waals surface area contributed by atoms with Gasteiger partial charge in [0.15, 0.2) is 0 Å². The molecule has 1 unspecified atom stereocenters. The highest BCUT2D eigenvalue weighted by Crippen LogP contribution is 2.29. The largest absolute Gasteiger partial charge is 0.369 e. The normalized spacial score (nSPS) is 12.8. The summed E-state index contributed by atoms with van der Waals surface area (Å²) >= 11 is 0. The number of aryl methyl sites for hydroxylation is 2. The molecule has 3 aromatic rings. The van der Waals surface area contributed by atoms with E-state index in [0.29, 0.717) is 5.95 Å². The third-order valence-electron chi connectivity index (χ3n) is 3.98. The van der Waals surface area contributed by atoms with E-state index in [1.54, 1.807) is 0 Å². The smallest absolute Gasteiger partial charge is 0.201 e. The summed E-state index contributed by atoms with van der Waals surface area (Å²) in [5, 5.41) is 0. The maximum Gasteiger partial charge on any atom is 0.201 e. The topological polar surface area (TPSA) is 43.8 Å². The molecule has 2 aromatic carbocycles. The van der Waals surface area contributed by atoms with Crippen LogP contribution in [0, 0.1) is 13.8 Å². The van der Waals surface area contributed by atoms with Crippen molar-refractivity contribution in [1.29, 1.82) is 0 Å². The van der Waals surface area contributed by atoms with Gasteiger partial charge in [0.1, 0.15) is 0 Å². The Morgan fingerprint density at radius 1 is 1.00 bits per heavy atom. The Morgan fingerprint density at radius 3 is 2.45 bits per heavy atom. The van der Waals surface area contributed by atoms with Gasteiger partial charge in [-0.2, -0.15) is 0 Å². The van der Waals surface area contributed by atoms with Crippen LogP contribution < -0.4 is 5.73 Å². The lowest BCUT2D eigenvalue weighted by Gasteiger charge is -2.18. The number of rotatable bonds is 2. The van der Waals surface area contributed by atoms with Gasteiger partial charge in [-0.1, -0.05) is 36.4 Å². The molecule has 0 bridgehead atoms. The van der Waals surface area contributed by atoms with Crippen LogP contribution in [0.1, 0.15) is 29.7 Å². The highest BCUT2D eigenvalue weighted by atomic mass is 15.2. The number of hydrogen-bond donors (Lipinski definition) is 1. The fourth-order valence-corrected chi connectivity index (χ4v) is 2.88. The molecule has 0 saturated carbocycles. The molecule has 0 aliphatic carbocycles. The monoisotopic (exact) mass is 265 g/mol. The minimum Gasteiger partial charge on any atom is -0.369 e. The molecule has 1 atom stereocenters. The fraction of sp³-hybridized carbons (Fsp3) is 0.235. The average Bonchev–Trinajstić information content (AvgIpc) is 2.76. The first-order valence-corrected chi connectivity index (χ1v) is 6.88. The zero-order valence-electron chi connectivity index (χ0n) is 12.1. The van der Waals surface area contributed by atoms with E-state index < -0.39 is 0 Å². The Bertz CT molecular complexity index is 771. The number of nitrogens with zero attached hydrogens (tertiary/aromatic N) is 2. The van der Waals surface area contributed by atoms with E-state index in [2.05, 4.69) is 72.8 Å². The second kappa shape index (κ2) is 4.67. The molecule has 0 aliphatic rings. The first-order valence-electron chi connectivity index (χ1n) is 6.88. The third kappa shape index (κ3) is 1.86. The first kappa shape index (κ1) is 12.7. The SMILES string of the molecule is Cc1ccccc1C(C)n1c(N)nc2c(C)cccc21. The number of fused-ring (bicyclic) bond motifs is 1. The molecule has 0 radical (unpaired) electrons. The van der Waals surface area contributed by atoms with E-state index >= 15 is 0 Å². The molecule has 0 fully saturated rings. The number of imidazole rings is 1. The molecule has 3 heteroatoms. The predicted molar refractivity (Wildman–Crippen MR) is 83.9 cm³/mol. The van der Waals surface area contributed by atoms with E-state index in [9.17, 15) is 0 Å². The van der Waals surface area contributed by atoms with Crippen LogP contribution in [0.5, 0.6) is 0 Å². The van der Waals surface area contributed by atoms with Crippen LogP contribution in [-0.2, 0) is 0 Å². The van der Waals surface area contributed by atoms with Crippen LogP contribution in [0.3, 0.4) is 0 Å². The summed E-state index contributed by atoms with van der Waals surface area (Å²) in [6, 6.07) is 14.8. The van der Waals surface area contributed by atoms with Crippen molar-refractivity contribution in [2.75, 3.05) is 5.73 Å². The predicted octanol–water partition coefficient (Wildman–Crippen LogP) is 3.84. The lowest BCUT2D eigenvalue weighted by molar-refractivity contribution is 0.663. The second-order valence-electron chi connectivity index (χ2n) is 5.32. The van der Waals surface area contributed by atoms with Crippen molar-refractivity contribution in [2.24, 2.45) is 0 Å². The van der Waals surface area contributed by atoms with Crippen molar-refractivity contribution in [3.63, 3.8) is 0 Å². The quantitative estimate of drug-likeness (QED) is 0.765. The number of aromatic nitrogens is 2. The average molecular weight is 265 g/mol. The van der Waals surface area contributed by atoms with Gasteiger partial charge in [0, 0.05) is 0 Å². The van der Waals surface area contributed by atoms with Gasteiger partial charge in [0.05, 0.1) is 17.1 Å². The lowest BCUT2D eigenvalue weighted by Crippen LogP contribution is -2.11. The van der Waals surface area contributed by atoms with Crippen LogP contribution in [0.4, 0.5) is 5.95 Å². The molecule has 3 rings (SSSR count). The van der Waals surface area contributed by atoms with Crippen LogP contribution in [0.15, 0.2) is 42.5 Å². The van der Waals surface area contributed by atoms with Crippen molar-refractivity contribution in [2.45, 2.75) is 26.8 Å². The molecule has 0 saturated heterocycles. The first-order chi connectivity index (χ1) is 9.59. The number of nitrogen functional groups attached to an aromatic ring is 1. The molecule has 0 spiro atoms. The Hall–Kier alpha value is -2.29. The maximum absolute atomic E-state index is 6.16. The summed E-state index contributed by atoms with van der Waals surface area (Å²) in [4.78, 5) is 4.53. The summed E-state index contributed by atoms with van der Waals surface area (Å²) in [6.45, 7) is 6.37. The molecular formula is C17H19N3. The standard InChI is InChI=1S/C17H19N3/c1-11-7-4-5-9-14(11)13(3)20-15-10-6-8-12(2)16(15)19-17(20)18/h4-10,13H,1-3H3,(H2,18,19). The van der Waals surface area contributed by atoms with Gasteiger partial charge in [-0.25, -0.2) is 4.98 Å². The van der Waals surface area contributed by atoms with Crippen molar-refractivity contribution in [3.8, 4) is 0 Å². The molecule has 2 N–H and O–H groups in total. The molecule has 3 nitrogen and oxygen atoms in total. The highest BCUT2D eigenvalue weighted by molar-refractivity contribution is 5.81. The van der Waals surface area contributed by atoms with E-state index in [0.717, 1.165) is 16.6 Å². The Morgan fingerprint density at radius 2 is 1.70 bits per heavy atom. The van der Waals surface area contributed by atoms with Crippen molar-refractivity contribution in [3.05, 3.63) is 59.2 Å². The van der Waals surface area contributed by atoms with Crippen LogP contribution in [-0.4, -0.2) is 9.55 Å². The van der Waals surface area contributed by atoms with Gasteiger partial charge in [-0.15, -0.1) is 0 Å². The lowest BCUT2D eigenvalue weighted by atomic mass is 10.0. The molecule has 1 heterocycles. The molecular weight excluding hydrogens is 246 g/mol. The van der Waals surface area contributed by atoms with Crippen LogP contribution in [0.25, 0.3) is 11.0 Å². The maximum atomic E-state index is 6.16. The van der Waals surface area contributed by atoms with Crippen LogP contribution in [0.2, 0.25) is 0 Å². The fourth-order valence-electron chi connectivity index (χ4n) is 2.88. The molecule has 0 aliphatic heterocycles. The Labute approximate surface area is 119 Å². The van der Waals surface area contributed by atoms with Gasteiger partial charge >= 0.3 is 0 Å². The Balaban J connectivity index is 2.22. The number of para-hydroxylation sites is 1. The van der Waals surface area contributed by atoms with Gasteiger partial charge < -0.3 is 10.3 Å². The minimum atomic E-state index is 0.169. The van der Waals surface area contributed by atoms with Gasteiger partial charge in [-0.3, -0.25) is 0 Å². The zero-order chi connectivity index (χ0) is 14.3. The number of nitrogens with two attached hydrogens (primary N) is 1. The van der Waals surface area contributed by atoms with Gasteiger partial charge in [-0.05, 0) is 43.5 Å². The molecule has 1 aromatic heterocycles. The van der Waals surface area contributed by atoms with Crippen LogP contribution >= 0.6 is 0 Å². The van der Waals surface area contributed by atoms with Crippen molar-refractivity contribution < 1.29 is 0 Å². The van der Waals surface area contributed by atoms with E-state index in [1.807, 2.05) is 0 Å². The van der Waals surface area contributed by atoms with E-state index in [4.69, 9.17) is 5.73 Å². The summed E-state index contributed by atoms with van der Waals surface area (Å²) < 4.78 is 2.12. The van der Waals surface area contributed by atoms with Crippen molar-refractivity contribution in [1.82, 2.24) is 9.55 Å². The summed E-state index contributed by atoms with van der Waals surface area (Å²) in [7, 11) is 0. The van der Waals surface area contributed by atoms with Crippen molar-refractivity contribution >= 4 is 17.0 Å². The summed E-state index contributed by atoms with van der Waals surface area (Å²) in [6.07, 6.45) is 0. The number of benzene rings is 2. The molecule has 20 heavy (non-hydrogen) atoms.